The van der Waals surface area contributed by atoms with E-state index in [0.29, 0.717) is 0 Å². The van der Waals surface area contributed by atoms with Crippen LogP contribution >= 0.6 is 0 Å². The SMILES string of the molecule is C=C.CCCCCCCCCOC=CCc1ccccc1.N.N.O=S(=O)(O)O. The molecule has 1 rings (SSSR count). The number of benzene rings is 1. The van der Waals surface area contributed by atoms with Gasteiger partial charge in [-0.25, -0.2) is 0 Å². The number of hydrogen-bond acceptors (Lipinski definition) is 5. The predicted molar refractivity (Wildman–Crippen MR) is 119 cm³/mol. The molecule has 8 heteroatoms. The van der Waals surface area contributed by atoms with Crippen molar-refractivity contribution < 1.29 is 22.3 Å². The Morgan fingerprint density at radius 3 is 1.89 bits per heavy atom. The summed E-state index contributed by atoms with van der Waals surface area (Å²) in [6, 6.07) is 10.5. The van der Waals surface area contributed by atoms with E-state index in [1.165, 1.54) is 50.5 Å². The molecular formula is C20H40N2O5S. The van der Waals surface area contributed by atoms with Gasteiger partial charge in [0.05, 0.1) is 12.9 Å². The summed E-state index contributed by atoms with van der Waals surface area (Å²) in [6.45, 7) is 9.12. The Balaban J connectivity index is -0.000000279. The number of unbranched alkanes of at least 4 members (excludes halogenated alkanes) is 6. The van der Waals surface area contributed by atoms with E-state index in [4.69, 9.17) is 22.3 Å². The molecular weight excluding hydrogens is 380 g/mol. The van der Waals surface area contributed by atoms with Crippen LogP contribution in [-0.4, -0.2) is 24.1 Å². The molecule has 0 unspecified atom stereocenters. The van der Waals surface area contributed by atoms with Crippen molar-refractivity contribution in [3.63, 3.8) is 0 Å². The maximum absolute atomic E-state index is 8.74. The fourth-order valence-corrected chi connectivity index (χ4v) is 2.08. The topological polar surface area (TPSA) is 154 Å². The molecule has 0 spiro atoms. The van der Waals surface area contributed by atoms with Gasteiger partial charge in [-0.1, -0.05) is 75.8 Å². The van der Waals surface area contributed by atoms with E-state index >= 15 is 0 Å². The van der Waals surface area contributed by atoms with E-state index in [9.17, 15) is 0 Å². The Morgan fingerprint density at radius 2 is 1.39 bits per heavy atom. The number of hydrogen-bond donors (Lipinski definition) is 4. The minimum Gasteiger partial charge on any atom is -0.502 e. The van der Waals surface area contributed by atoms with Crippen LogP contribution in [0.2, 0.25) is 0 Å². The summed E-state index contributed by atoms with van der Waals surface area (Å²) >= 11 is 0. The third kappa shape index (κ3) is 35.4. The molecule has 0 saturated carbocycles. The Labute approximate surface area is 171 Å². The lowest BCUT2D eigenvalue weighted by Gasteiger charge is -2.01. The molecule has 0 radical (unpaired) electrons. The molecule has 7 nitrogen and oxygen atoms in total. The van der Waals surface area contributed by atoms with E-state index < -0.39 is 10.4 Å². The third-order valence-electron chi connectivity index (χ3n) is 3.25. The Bertz CT molecular complexity index is 529. The van der Waals surface area contributed by atoms with E-state index in [1.54, 1.807) is 0 Å². The van der Waals surface area contributed by atoms with Crippen LogP contribution in [0, 0.1) is 0 Å². The van der Waals surface area contributed by atoms with Gasteiger partial charge < -0.3 is 17.0 Å². The first kappa shape index (κ1) is 33.8. The van der Waals surface area contributed by atoms with Crippen molar-refractivity contribution >= 4 is 10.4 Å². The number of allylic oxidation sites excluding steroid dienone is 1. The van der Waals surface area contributed by atoms with Crippen LogP contribution in [0.1, 0.15) is 57.4 Å². The van der Waals surface area contributed by atoms with Gasteiger partial charge in [-0.3, -0.25) is 9.11 Å². The van der Waals surface area contributed by atoms with Gasteiger partial charge in [0.2, 0.25) is 0 Å². The van der Waals surface area contributed by atoms with Crippen LogP contribution in [0.15, 0.2) is 55.8 Å². The summed E-state index contributed by atoms with van der Waals surface area (Å²) in [6.07, 6.45) is 14.2. The fourth-order valence-electron chi connectivity index (χ4n) is 2.08. The van der Waals surface area contributed by atoms with Crippen molar-refractivity contribution in [2.75, 3.05) is 6.61 Å². The smallest absolute Gasteiger partial charge is 0.394 e. The van der Waals surface area contributed by atoms with Gasteiger partial charge in [0.25, 0.3) is 0 Å². The molecule has 8 N–H and O–H groups in total. The monoisotopic (exact) mass is 420 g/mol. The van der Waals surface area contributed by atoms with Gasteiger partial charge >= 0.3 is 10.4 Å². The Hall–Kier alpha value is -1.71. The Morgan fingerprint density at radius 1 is 0.929 bits per heavy atom. The van der Waals surface area contributed by atoms with Crippen molar-refractivity contribution in [2.45, 2.75) is 58.3 Å². The van der Waals surface area contributed by atoms with Crippen LogP contribution in [0.4, 0.5) is 0 Å². The zero-order valence-electron chi connectivity index (χ0n) is 17.3. The molecule has 0 amide bonds. The molecule has 1 aromatic rings. The maximum Gasteiger partial charge on any atom is 0.394 e. The summed E-state index contributed by atoms with van der Waals surface area (Å²) in [5.41, 5.74) is 1.33. The molecule has 0 aliphatic rings. The highest BCUT2D eigenvalue weighted by Gasteiger charge is 1.90. The van der Waals surface area contributed by atoms with Gasteiger partial charge in [-0.2, -0.15) is 8.42 Å². The molecule has 0 atom stereocenters. The minimum absolute atomic E-state index is 0. The second-order valence-electron chi connectivity index (χ2n) is 5.50. The highest BCUT2D eigenvalue weighted by Crippen LogP contribution is 2.07. The molecule has 1 aromatic carbocycles. The minimum atomic E-state index is -4.67. The van der Waals surface area contributed by atoms with Crippen LogP contribution in [0.25, 0.3) is 0 Å². The van der Waals surface area contributed by atoms with Crippen LogP contribution in [0.3, 0.4) is 0 Å². The lowest BCUT2D eigenvalue weighted by Crippen LogP contribution is -1.89. The molecule has 28 heavy (non-hydrogen) atoms. The standard InChI is InChI=1S/C18H28O.C2H4.2H3N.H2O4S/c1-2-3-4-5-6-7-11-16-19-17-12-15-18-13-9-8-10-14-18;1-2;;;1-5(2,3)4/h8-10,12-14,17H,2-7,11,15-16H2,1H3;1-2H2;2*1H3;(H2,1,2,3,4). The van der Waals surface area contributed by atoms with Gasteiger partial charge in [-0.15, -0.1) is 13.2 Å². The number of ether oxygens (including phenoxy) is 1. The molecule has 0 saturated heterocycles. The van der Waals surface area contributed by atoms with Crippen LogP contribution in [0.5, 0.6) is 0 Å². The van der Waals surface area contributed by atoms with Crippen molar-refractivity contribution in [1.82, 2.24) is 12.3 Å². The van der Waals surface area contributed by atoms with E-state index in [1.807, 2.05) is 12.3 Å². The fraction of sp³-hybridized carbons (Fsp3) is 0.500. The van der Waals surface area contributed by atoms with Crippen molar-refractivity contribution in [2.24, 2.45) is 0 Å². The lowest BCUT2D eigenvalue weighted by molar-refractivity contribution is 0.239. The summed E-state index contributed by atoms with van der Waals surface area (Å²) < 4.78 is 37.1. The third-order valence-corrected chi connectivity index (χ3v) is 3.25. The summed E-state index contributed by atoms with van der Waals surface area (Å²) in [7, 11) is -4.67. The quantitative estimate of drug-likeness (QED) is 0.148. The average molecular weight is 421 g/mol. The van der Waals surface area contributed by atoms with Crippen LogP contribution in [-0.2, 0) is 21.6 Å². The second-order valence-corrected chi connectivity index (χ2v) is 6.40. The zero-order chi connectivity index (χ0) is 20.1. The molecule has 0 fully saturated rings. The normalized spacial score (nSPS) is 9.68. The van der Waals surface area contributed by atoms with Crippen molar-refractivity contribution in [1.29, 1.82) is 0 Å². The summed E-state index contributed by atoms with van der Waals surface area (Å²) in [5, 5.41) is 0. The summed E-state index contributed by atoms with van der Waals surface area (Å²) in [4.78, 5) is 0. The maximum atomic E-state index is 8.74. The van der Waals surface area contributed by atoms with E-state index in [-0.39, 0.29) is 12.3 Å². The first-order valence-electron chi connectivity index (χ1n) is 8.94. The van der Waals surface area contributed by atoms with Gasteiger partial charge in [0, 0.05) is 0 Å². The molecule has 166 valence electrons. The molecule has 0 aliphatic carbocycles. The molecule has 0 bridgehead atoms. The second kappa shape index (κ2) is 25.3. The zero-order valence-corrected chi connectivity index (χ0v) is 18.1. The van der Waals surface area contributed by atoms with Gasteiger partial charge in [0.15, 0.2) is 0 Å². The van der Waals surface area contributed by atoms with Gasteiger partial charge in [0.1, 0.15) is 0 Å². The van der Waals surface area contributed by atoms with Gasteiger partial charge in [-0.05, 0) is 24.5 Å². The highest BCUT2D eigenvalue weighted by molar-refractivity contribution is 7.79. The lowest BCUT2D eigenvalue weighted by atomic mass is 10.1. The highest BCUT2D eigenvalue weighted by atomic mass is 32.3. The molecule has 0 aliphatic heterocycles. The van der Waals surface area contributed by atoms with Crippen LogP contribution < -0.4 is 12.3 Å². The van der Waals surface area contributed by atoms with Crippen molar-refractivity contribution in [3.05, 3.63) is 61.4 Å². The predicted octanol–water partition coefficient (Wildman–Crippen LogP) is 5.98. The largest absolute Gasteiger partial charge is 0.502 e. The Kier molecular flexibility index (Phi) is 30.6. The first-order valence-corrected chi connectivity index (χ1v) is 10.3. The summed E-state index contributed by atoms with van der Waals surface area (Å²) in [5.74, 6) is 0. The number of rotatable bonds is 11. The van der Waals surface area contributed by atoms with Crippen molar-refractivity contribution in [3.8, 4) is 0 Å². The average Bonchev–Trinajstić information content (AvgIpc) is 2.61. The first-order chi connectivity index (χ1) is 12.4. The van der Waals surface area contributed by atoms with E-state index in [2.05, 4.69) is 50.4 Å². The molecule has 0 heterocycles. The molecule has 0 aromatic heterocycles. The van der Waals surface area contributed by atoms with E-state index in [0.717, 1.165) is 13.0 Å².